The molecule has 1 aromatic carbocycles. The molecule has 5 heteroatoms. The Labute approximate surface area is 140 Å². The number of aliphatic hydroxyl groups is 1. The van der Waals surface area contributed by atoms with Crippen LogP contribution in [0.25, 0.3) is 11.0 Å². The van der Waals surface area contributed by atoms with Crippen LogP contribution in [0.15, 0.2) is 42.9 Å². The van der Waals surface area contributed by atoms with E-state index in [4.69, 9.17) is 4.74 Å². The first-order chi connectivity index (χ1) is 11.7. The van der Waals surface area contributed by atoms with Crippen LogP contribution >= 0.6 is 0 Å². The van der Waals surface area contributed by atoms with Crippen LogP contribution in [0, 0.1) is 6.92 Å². The van der Waals surface area contributed by atoms with E-state index in [1.807, 2.05) is 43.6 Å². The van der Waals surface area contributed by atoms with Gasteiger partial charge in [-0.3, -0.25) is 0 Å². The van der Waals surface area contributed by atoms with Gasteiger partial charge in [-0.15, -0.1) is 0 Å². The number of aromatic nitrogens is 3. The highest BCUT2D eigenvalue weighted by Gasteiger charge is 2.22. The fraction of sp³-hybridized carbons (Fsp3) is 0.368. The summed E-state index contributed by atoms with van der Waals surface area (Å²) >= 11 is 0. The summed E-state index contributed by atoms with van der Waals surface area (Å²) in [6.07, 6.45) is 7.23. The number of ether oxygens (including phenoxy) is 1. The van der Waals surface area contributed by atoms with Crippen molar-refractivity contribution in [3.63, 3.8) is 0 Å². The zero-order chi connectivity index (χ0) is 16.5. The van der Waals surface area contributed by atoms with Gasteiger partial charge in [0.05, 0.1) is 23.5 Å². The molecule has 0 atom stereocenters. The summed E-state index contributed by atoms with van der Waals surface area (Å²) < 4.78 is 8.10. The summed E-state index contributed by atoms with van der Waals surface area (Å²) in [6, 6.07) is 10.2. The number of aliphatic hydroxyl groups excluding tert-OH is 1. The highest BCUT2D eigenvalue weighted by molar-refractivity contribution is 5.77. The topological polar surface area (TPSA) is 60.2 Å². The van der Waals surface area contributed by atoms with Crippen LogP contribution in [0.5, 0.6) is 11.6 Å². The molecular formula is C19H21N3O2. The maximum Gasteiger partial charge on any atom is 0.219 e. The second kappa shape index (κ2) is 6.24. The van der Waals surface area contributed by atoms with E-state index < -0.39 is 0 Å². The van der Waals surface area contributed by atoms with E-state index in [-0.39, 0.29) is 6.10 Å². The highest BCUT2D eigenvalue weighted by atomic mass is 16.5. The summed E-state index contributed by atoms with van der Waals surface area (Å²) in [7, 11) is 0. The van der Waals surface area contributed by atoms with Gasteiger partial charge >= 0.3 is 0 Å². The maximum atomic E-state index is 9.71. The van der Waals surface area contributed by atoms with Crippen molar-refractivity contribution < 1.29 is 9.84 Å². The molecule has 0 radical (unpaired) electrons. The lowest BCUT2D eigenvalue weighted by Crippen LogP contribution is -2.20. The lowest BCUT2D eigenvalue weighted by Gasteiger charge is -2.26. The van der Waals surface area contributed by atoms with Crippen molar-refractivity contribution in [1.82, 2.24) is 14.5 Å². The average molecular weight is 323 g/mol. The molecule has 0 unspecified atom stereocenters. The molecule has 5 nitrogen and oxygen atoms in total. The van der Waals surface area contributed by atoms with Crippen LogP contribution < -0.4 is 4.74 Å². The normalized spacial score (nSPS) is 21.1. The van der Waals surface area contributed by atoms with Crippen molar-refractivity contribution in [2.24, 2.45) is 0 Å². The standard InChI is InChI=1S/C19H21N3O2/c1-13-2-9-19(20-11-13)24-16-7-8-17-18(10-16)22(12-21-17)14-3-5-15(23)6-4-14/h2,7-12,14-15,23H,3-6H2,1H3. The number of benzene rings is 1. The number of aryl methyl sites for hydroxylation is 1. The molecule has 0 saturated heterocycles. The predicted molar refractivity (Wildman–Crippen MR) is 92.3 cm³/mol. The summed E-state index contributed by atoms with van der Waals surface area (Å²) in [6.45, 7) is 2.00. The van der Waals surface area contributed by atoms with Crippen molar-refractivity contribution in [1.29, 1.82) is 0 Å². The van der Waals surface area contributed by atoms with Crippen LogP contribution in [0.2, 0.25) is 0 Å². The molecule has 24 heavy (non-hydrogen) atoms. The largest absolute Gasteiger partial charge is 0.439 e. The molecule has 0 aliphatic heterocycles. The van der Waals surface area contributed by atoms with Crippen LogP contribution in [0.1, 0.15) is 37.3 Å². The first kappa shape index (κ1) is 15.1. The minimum atomic E-state index is -0.150. The van der Waals surface area contributed by atoms with Gasteiger partial charge in [0.1, 0.15) is 5.75 Å². The van der Waals surface area contributed by atoms with Gasteiger partial charge in [0, 0.05) is 24.4 Å². The third-order valence-electron chi connectivity index (χ3n) is 4.71. The highest BCUT2D eigenvalue weighted by Crippen LogP contribution is 2.32. The molecule has 0 amide bonds. The predicted octanol–water partition coefficient (Wildman–Crippen LogP) is 4.01. The first-order valence-electron chi connectivity index (χ1n) is 8.44. The van der Waals surface area contributed by atoms with E-state index in [1.54, 1.807) is 6.20 Å². The molecular weight excluding hydrogens is 302 g/mol. The van der Waals surface area contributed by atoms with E-state index in [0.717, 1.165) is 48.0 Å². The lowest BCUT2D eigenvalue weighted by molar-refractivity contribution is 0.111. The number of imidazole rings is 1. The number of pyridine rings is 1. The SMILES string of the molecule is Cc1ccc(Oc2ccc3ncn(C4CCC(O)CC4)c3c2)nc1. The quantitative estimate of drug-likeness (QED) is 0.791. The van der Waals surface area contributed by atoms with Gasteiger partial charge in [-0.1, -0.05) is 6.07 Å². The Morgan fingerprint density at radius 1 is 1.08 bits per heavy atom. The molecule has 1 aliphatic rings. The van der Waals surface area contributed by atoms with Crippen LogP contribution in [0.4, 0.5) is 0 Å². The molecule has 0 spiro atoms. The van der Waals surface area contributed by atoms with E-state index >= 15 is 0 Å². The van der Waals surface area contributed by atoms with E-state index in [9.17, 15) is 5.11 Å². The van der Waals surface area contributed by atoms with Gasteiger partial charge in [-0.05, 0) is 50.3 Å². The first-order valence-corrected chi connectivity index (χ1v) is 8.44. The molecule has 2 aromatic heterocycles. The Bertz CT molecular complexity index is 833. The van der Waals surface area contributed by atoms with Crippen molar-refractivity contribution in [3.05, 3.63) is 48.4 Å². The third-order valence-corrected chi connectivity index (χ3v) is 4.71. The fourth-order valence-electron chi connectivity index (χ4n) is 3.33. The second-order valence-electron chi connectivity index (χ2n) is 6.54. The molecule has 124 valence electrons. The summed E-state index contributed by atoms with van der Waals surface area (Å²) in [5.74, 6) is 1.35. The average Bonchev–Trinajstić information content (AvgIpc) is 3.01. The number of hydrogen-bond donors (Lipinski definition) is 1. The lowest BCUT2D eigenvalue weighted by atomic mass is 9.93. The van der Waals surface area contributed by atoms with Crippen molar-refractivity contribution >= 4 is 11.0 Å². The van der Waals surface area contributed by atoms with Gasteiger partial charge in [-0.25, -0.2) is 9.97 Å². The van der Waals surface area contributed by atoms with Gasteiger partial charge in [-0.2, -0.15) is 0 Å². The zero-order valence-corrected chi connectivity index (χ0v) is 13.7. The van der Waals surface area contributed by atoms with Crippen molar-refractivity contribution in [2.45, 2.75) is 44.8 Å². The monoisotopic (exact) mass is 323 g/mol. The van der Waals surface area contributed by atoms with Crippen molar-refractivity contribution in [3.8, 4) is 11.6 Å². The number of rotatable bonds is 3. The third kappa shape index (κ3) is 2.99. The Balaban J connectivity index is 1.62. The smallest absolute Gasteiger partial charge is 0.219 e. The van der Waals surface area contributed by atoms with E-state index in [0.29, 0.717) is 11.9 Å². The van der Waals surface area contributed by atoms with Crippen LogP contribution in [-0.4, -0.2) is 25.7 Å². The summed E-state index contributed by atoms with van der Waals surface area (Å²) in [5.41, 5.74) is 3.14. The Morgan fingerprint density at radius 2 is 1.92 bits per heavy atom. The molecule has 0 bridgehead atoms. The molecule has 1 saturated carbocycles. The zero-order valence-electron chi connectivity index (χ0n) is 13.7. The Hall–Kier alpha value is -2.40. The number of fused-ring (bicyclic) bond motifs is 1. The van der Waals surface area contributed by atoms with E-state index in [1.165, 1.54) is 0 Å². The maximum absolute atomic E-state index is 9.71. The number of nitrogens with zero attached hydrogens (tertiary/aromatic N) is 3. The second-order valence-corrected chi connectivity index (χ2v) is 6.54. The van der Waals surface area contributed by atoms with Gasteiger partial charge in [0.25, 0.3) is 0 Å². The molecule has 3 aromatic rings. The minimum Gasteiger partial charge on any atom is -0.439 e. The van der Waals surface area contributed by atoms with Crippen molar-refractivity contribution in [2.75, 3.05) is 0 Å². The number of hydrogen-bond acceptors (Lipinski definition) is 4. The summed E-state index contributed by atoms with van der Waals surface area (Å²) in [4.78, 5) is 8.79. The van der Waals surface area contributed by atoms with Gasteiger partial charge < -0.3 is 14.4 Å². The molecule has 1 aliphatic carbocycles. The molecule has 1 N–H and O–H groups in total. The van der Waals surface area contributed by atoms with Crippen LogP contribution in [-0.2, 0) is 0 Å². The Kier molecular flexibility index (Phi) is 3.94. The minimum absolute atomic E-state index is 0.150. The molecule has 2 heterocycles. The Morgan fingerprint density at radius 3 is 2.67 bits per heavy atom. The van der Waals surface area contributed by atoms with E-state index in [2.05, 4.69) is 14.5 Å². The van der Waals surface area contributed by atoms with Gasteiger partial charge in [0.2, 0.25) is 5.88 Å². The summed E-state index contributed by atoms with van der Waals surface area (Å²) in [5, 5.41) is 9.71. The van der Waals surface area contributed by atoms with Crippen LogP contribution in [0.3, 0.4) is 0 Å². The molecule has 1 fully saturated rings. The van der Waals surface area contributed by atoms with Gasteiger partial charge in [0.15, 0.2) is 0 Å². The fourth-order valence-corrected chi connectivity index (χ4v) is 3.33. The molecule has 4 rings (SSSR count).